The van der Waals surface area contributed by atoms with E-state index in [1.165, 1.54) is 54.6 Å². The molecule has 33 heavy (non-hydrogen) atoms. The molecule has 0 saturated carbocycles. The Morgan fingerprint density at radius 3 is 1.61 bits per heavy atom. The van der Waals surface area contributed by atoms with E-state index in [1.54, 1.807) is 42.5 Å². The van der Waals surface area contributed by atoms with E-state index < -0.39 is 41.3 Å². The lowest BCUT2D eigenvalue weighted by Crippen LogP contribution is -2.32. The van der Waals surface area contributed by atoms with Crippen LogP contribution in [0.2, 0.25) is 0 Å². The SMILES string of the molecule is O=[N+]([O-])/C(=C/C=C/c1ccccc1)CC(S(=O)(=O)c1ccccc1)S(=O)(=O)c1ccccc1. The number of hydrogen-bond acceptors (Lipinski definition) is 6. The van der Waals surface area contributed by atoms with Gasteiger partial charge in [-0.15, -0.1) is 0 Å². The minimum atomic E-state index is -4.47. The van der Waals surface area contributed by atoms with Crippen LogP contribution in [-0.2, 0) is 19.7 Å². The number of nitrogens with zero attached hydrogens (tertiary/aromatic N) is 1. The van der Waals surface area contributed by atoms with E-state index >= 15 is 0 Å². The molecule has 0 heterocycles. The summed E-state index contributed by atoms with van der Waals surface area (Å²) in [6.45, 7) is 0. The van der Waals surface area contributed by atoms with E-state index in [0.29, 0.717) is 0 Å². The van der Waals surface area contributed by atoms with Crippen LogP contribution >= 0.6 is 0 Å². The maximum atomic E-state index is 13.4. The smallest absolute Gasteiger partial charge is 0.248 e. The van der Waals surface area contributed by atoms with Gasteiger partial charge in [-0.05, 0) is 29.8 Å². The van der Waals surface area contributed by atoms with Crippen LogP contribution in [-0.4, -0.2) is 26.3 Å². The summed E-state index contributed by atoms with van der Waals surface area (Å²) in [5.74, 6) is 0. The predicted octanol–water partition coefficient (Wildman–Crippen LogP) is 4.52. The highest BCUT2D eigenvalue weighted by Crippen LogP contribution is 2.30. The summed E-state index contributed by atoms with van der Waals surface area (Å²) in [4.78, 5) is 10.5. The maximum Gasteiger partial charge on any atom is 0.248 e. The molecular formula is C24H21NO6S2. The van der Waals surface area contributed by atoms with Crippen molar-refractivity contribution >= 4 is 25.8 Å². The largest absolute Gasteiger partial charge is 0.259 e. The van der Waals surface area contributed by atoms with E-state index in [1.807, 2.05) is 6.07 Å². The molecule has 7 nitrogen and oxygen atoms in total. The van der Waals surface area contributed by atoms with Crippen molar-refractivity contribution in [3.8, 4) is 0 Å². The lowest BCUT2D eigenvalue weighted by atomic mass is 10.2. The Bertz CT molecular complexity index is 1300. The van der Waals surface area contributed by atoms with E-state index in [-0.39, 0.29) is 9.79 Å². The molecule has 9 heteroatoms. The Morgan fingerprint density at radius 1 is 0.758 bits per heavy atom. The van der Waals surface area contributed by atoms with Crippen LogP contribution in [0.5, 0.6) is 0 Å². The van der Waals surface area contributed by atoms with Gasteiger partial charge in [0.05, 0.1) is 21.1 Å². The van der Waals surface area contributed by atoms with Gasteiger partial charge < -0.3 is 0 Å². The van der Waals surface area contributed by atoms with Gasteiger partial charge in [-0.2, -0.15) is 0 Å². The number of allylic oxidation sites excluding steroid dienone is 3. The molecule has 0 aromatic heterocycles. The van der Waals surface area contributed by atoms with Crippen molar-refractivity contribution in [2.45, 2.75) is 20.8 Å². The second-order valence-corrected chi connectivity index (χ2v) is 11.6. The molecule has 0 aliphatic rings. The molecule has 0 N–H and O–H groups in total. The summed E-state index contributed by atoms with van der Waals surface area (Å²) in [5, 5.41) is 11.7. The van der Waals surface area contributed by atoms with Crippen LogP contribution in [0.25, 0.3) is 6.08 Å². The quantitative estimate of drug-likeness (QED) is 0.251. The van der Waals surface area contributed by atoms with Crippen LogP contribution in [0, 0.1) is 10.1 Å². The number of hydrogen-bond donors (Lipinski definition) is 0. The van der Waals surface area contributed by atoms with Gasteiger partial charge in [0, 0.05) is 6.08 Å². The van der Waals surface area contributed by atoms with Gasteiger partial charge in [-0.25, -0.2) is 16.8 Å². The summed E-state index contributed by atoms with van der Waals surface area (Å²) in [5.41, 5.74) is 0.244. The first-order chi connectivity index (χ1) is 15.7. The Balaban J connectivity index is 2.07. The number of sulfone groups is 2. The number of benzene rings is 3. The Hall–Kier alpha value is -3.56. The monoisotopic (exact) mass is 483 g/mol. The topological polar surface area (TPSA) is 111 Å². The molecule has 0 unspecified atom stereocenters. The first-order valence-electron chi connectivity index (χ1n) is 9.87. The molecule has 0 fully saturated rings. The van der Waals surface area contributed by atoms with E-state index in [4.69, 9.17) is 0 Å². The zero-order chi connectivity index (χ0) is 23.9. The number of nitro groups is 1. The molecule has 0 saturated heterocycles. The van der Waals surface area contributed by atoms with E-state index in [9.17, 15) is 26.9 Å². The van der Waals surface area contributed by atoms with Crippen molar-refractivity contribution in [1.29, 1.82) is 0 Å². The van der Waals surface area contributed by atoms with Crippen LogP contribution in [0.1, 0.15) is 12.0 Å². The summed E-state index contributed by atoms with van der Waals surface area (Å²) in [6, 6.07) is 23.1. The molecular weight excluding hydrogens is 462 g/mol. The summed E-state index contributed by atoms with van der Waals surface area (Å²) in [7, 11) is -8.94. The van der Waals surface area contributed by atoms with Gasteiger partial charge in [0.2, 0.25) is 5.70 Å². The molecule has 3 aromatic carbocycles. The van der Waals surface area contributed by atoms with Crippen LogP contribution < -0.4 is 0 Å². The zero-order valence-corrected chi connectivity index (χ0v) is 19.0. The molecule has 170 valence electrons. The fraction of sp³-hybridized carbons (Fsp3) is 0.0833. The minimum absolute atomic E-state index is 0.225. The van der Waals surface area contributed by atoms with Crippen LogP contribution in [0.3, 0.4) is 0 Å². The van der Waals surface area contributed by atoms with Crippen LogP contribution in [0.15, 0.2) is 119 Å². The molecule has 0 radical (unpaired) electrons. The second kappa shape index (κ2) is 10.4. The van der Waals surface area contributed by atoms with Gasteiger partial charge in [0.15, 0.2) is 24.3 Å². The van der Waals surface area contributed by atoms with Gasteiger partial charge in [-0.1, -0.05) is 78.9 Å². The molecule has 0 spiro atoms. The molecule has 3 rings (SSSR count). The van der Waals surface area contributed by atoms with Gasteiger partial charge in [0.25, 0.3) is 0 Å². The third-order valence-electron chi connectivity index (χ3n) is 4.82. The highest BCUT2D eigenvalue weighted by atomic mass is 32.3. The zero-order valence-electron chi connectivity index (χ0n) is 17.4. The second-order valence-electron chi connectivity index (χ2n) is 7.03. The lowest BCUT2D eigenvalue weighted by molar-refractivity contribution is -0.427. The Kier molecular flexibility index (Phi) is 7.57. The highest BCUT2D eigenvalue weighted by molar-refractivity contribution is 8.09. The van der Waals surface area contributed by atoms with Gasteiger partial charge >= 0.3 is 0 Å². The Labute approximate surface area is 192 Å². The molecule has 0 amide bonds. The van der Waals surface area contributed by atoms with Crippen LogP contribution in [0.4, 0.5) is 0 Å². The molecule has 0 aliphatic carbocycles. The van der Waals surface area contributed by atoms with Crippen molar-refractivity contribution < 1.29 is 21.8 Å². The standard InChI is InChI=1S/C24H21NO6S2/c26-25(27)21(14-10-13-20-11-4-1-5-12-20)19-24(32(28,29)22-15-6-2-7-16-22)33(30,31)23-17-8-3-9-18-23/h1-18,24H,19H2/b13-10+,21-14+. The molecule has 3 aromatic rings. The lowest BCUT2D eigenvalue weighted by Gasteiger charge is -2.17. The van der Waals surface area contributed by atoms with Crippen molar-refractivity contribution in [2.75, 3.05) is 0 Å². The molecule has 0 atom stereocenters. The molecule has 0 bridgehead atoms. The fourth-order valence-electron chi connectivity index (χ4n) is 3.12. The van der Waals surface area contributed by atoms with Crippen molar-refractivity contribution in [1.82, 2.24) is 0 Å². The fourth-order valence-corrected chi connectivity index (χ4v) is 7.58. The Morgan fingerprint density at radius 2 is 1.18 bits per heavy atom. The van der Waals surface area contributed by atoms with Gasteiger partial charge in [0.1, 0.15) is 0 Å². The summed E-state index contributed by atoms with van der Waals surface area (Å²) in [6.07, 6.45) is 3.31. The van der Waals surface area contributed by atoms with Gasteiger partial charge in [-0.3, -0.25) is 10.1 Å². The van der Waals surface area contributed by atoms with E-state index in [0.717, 1.165) is 11.6 Å². The predicted molar refractivity (Wildman–Crippen MR) is 126 cm³/mol. The average molecular weight is 484 g/mol. The first kappa shape index (κ1) is 24.1. The summed E-state index contributed by atoms with van der Waals surface area (Å²) < 4.78 is 51.4. The minimum Gasteiger partial charge on any atom is -0.259 e. The first-order valence-corrected chi connectivity index (χ1v) is 13.0. The maximum absolute atomic E-state index is 13.4. The summed E-state index contributed by atoms with van der Waals surface area (Å²) >= 11 is 0. The average Bonchev–Trinajstić information content (AvgIpc) is 2.82. The van der Waals surface area contributed by atoms with Crippen molar-refractivity contribution in [2.24, 2.45) is 0 Å². The van der Waals surface area contributed by atoms with Crippen molar-refractivity contribution in [3.63, 3.8) is 0 Å². The highest BCUT2D eigenvalue weighted by Gasteiger charge is 2.42. The van der Waals surface area contributed by atoms with E-state index in [2.05, 4.69) is 0 Å². The van der Waals surface area contributed by atoms with Crippen molar-refractivity contribution in [3.05, 3.63) is 125 Å². The number of rotatable bonds is 9. The normalized spacial score (nSPS) is 12.8. The third-order valence-corrected chi connectivity index (χ3v) is 9.92. The third kappa shape index (κ3) is 5.82. The molecule has 0 aliphatic heterocycles.